The number of allylic oxidation sites excluding steroid dienone is 2. The molecule has 28 heavy (non-hydrogen) atoms. The summed E-state index contributed by atoms with van der Waals surface area (Å²) in [6.07, 6.45) is 10.5. The predicted octanol–water partition coefficient (Wildman–Crippen LogP) is 5.01. The number of carbonyl (C=O) groups is 1. The van der Waals surface area contributed by atoms with Gasteiger partial charge in [-0.1, -0.05) is 29.5 Å². The molecular weight excluding hydrogens is 368 g/mol. The van der Waals surface area contributed by atoms with Gasteiger partial charge in [0.2, 0.25) is 0 Å². The first-order valence-corrected chi connectivity index (χ1v) is 10.9. The van der Waals surface area contributed by atoms with E-state index in [0.717, 1.165) is 40.7 Å². The van der Waals surface area contributed by atoms with E-state index in [1.54, 1.807) is 5.57 Å². The summed E-state index contributed by atoms with van der Waals surface area (Å²) in [6.45, 7) is 5.11. The highest BCUT2D eigenvalue weighted by Gasteiger charge is 2.17. The number of carbonyl (C=O) groups excluding carboxylic acids is 1. The van der Waals surface area contributed by atoms with Crippen LogP contribution >= 0.6 is 11.8 Å². The van der Waals surface area contributed by atoms with Gasteiger partial charge >= 0.3 is 0 Å². The molecule has 0 unspecified atom stereocenters. The maximum absolute atomic E-state index is 12.9. The molecule has 3 aromatic rings. The van der Waals surface area contributed by atoms with Crippen LogP contribution in [0, 0.1) is 13.8 Å². The summed E-state index contributed by atoms with van der Waals surface area (Å²) >= 11 is 1.44. The third kappa shape index (κ3) is 3.92. The van der Waals surface area contributed by atoms with E-state index in [0.29, 0.717) is 5.75 Å². The van der Waals surface area contributed by atoms with E-state index in [1.165, 1.54) is 37.4 Å². The van der Waals surface area contributed by atoms with E-state index in [-0.39, 0.29) is 5.78 Å². The second kappa shape index (κ2) is 8.35. The van der Waals surface area contributed by atoms with Crippen molar-refractivity contribution >= 4 is 23.2 Å². The molecule has 0 spiro atoms. The van der Waals surface area contributed by atoms with Crippen LogP contribution in [0.1, 0.15) is 53.8 Å². The Morgan fingerprint density at radius 1 is 1.21 bits per heavy atom. The molecule has 0 amide bonds. The number of nitrogens with zero attached hydrogens (tertiary/aromatic N) is 4. The van der Waals surface area contributed by atoms with E-state index in [1.807, 2.05) is 34.9 Å². The topological polar surface area (TPSA) is 52.2 Å². The van der Waals surface area contributed by atoms with Gasteiger partial charge in [0.15, 0.2) is 16.6 Å². The van der Waals surface area contributed by atoms with Gasteiger partial charge in [-0.05, 0) is 64.2 Å². The average Bonchev–Trinajstić information content (AvgIpc) is 3.26. The van der Waals surface area contributed by atoms with Crippen molar-refractivity contribution in [2.75, 3.05) is 5.75 Å². The minimum absolute atomic E-state index is 0.147. The van der Waals surface area contributed by atoms with Crippen molar-refractivity contribution < 1.29 is 4.79 Å². The third-order valence-electron chi connectivity index (χ3n) is 5.53. The van der Waals surface area contributed by atoms with E-state index < -0.39 is 0 Å². The summed E-state index contributed by atoms with van der Waals surface area (Å²) < 4.78 is 4.21. The van der Waals surface area contributed by atoms with Crippen molar-refractivity contribution in [3.8, 4) is 0 Å². The van der Waals surface area contributed by atoms with Crippen LogP contribution in [0.15, 0.2) is 47.3 Å². The van der Waals surface area contributed by atoms with Crippen LogP contribution in [0.2, 0.25) is 0 Å². The van der Waals surface area contributed by atoms with Crippen LogP contribution in [-0.2, 0) is 6.54 Å². The summed E-state index contributed by atoms with van der Waals surface area (Å²) in [5.74, 6) is 0.513. The number of ketones is 1. The molecule has 0 N–H and O–H groups in total. The van der Waals surface area contributed by atoms with Gasteiger partial charge in [0, 0.05) is 29.7 Å². The molecule has 0 bridgehead atoms. The van der Waals surface area contributed by atoms with E-state index in [9.17, 15) is 4.79 Å². The van der Waals surface area contributed by atoms with Crippen molar-refractivity contribution in [1.82, 2.24) is 19.2 Å². The van der Waals surface area contributed by atoms with Crippen molar-refractivity contribution in [2.24, 2.45) is 0 Å². The number of aryl methyl sites for hydroxylation is 1. The van der Waals surface area contributed by atoms with Crippen molar-refractivity contribution in [3.05, 3.63) is 59.1 Å². The van der Waals surface area contributed by atoms with Crippen LogP contribution in [-0.4, -0.2) is 30.7 Å². The van der Waals surface area contributed by atoms with Crippen molar-refractivity contribution in [3.63, 3.8) is 0 Å². The van der Waals surface area contributed by atoms with Crippen LogP contribution in [0.3, 0.4) is 0 Å². The number of hydrogen-bond donors (Lipinski definition) is 0. The summed E-state index contributed by atoms with van der Waals surface area (Å²) in [7, 11) is 0. The Kier molecular flexibility index (Phi) is 5.67. The molecule has 1 aliphatic carbocycles. The molecule has 6 heteroatoms. The lowest BCUT2D eigenvalue weighted by molar-refractivity contribution is 0.102. The predicted molar refractivity (Wildman–Crippen MR) is 113 cm³/mol. The number of hydrogen-bond acceptors (Lipinski definition) is 4. The first kappa shape index (κ1) is 19.0. The summed E-state index contributed by atoms with van der Waals surface area (Å²) in [4.78, 5) is 12.9. The second-order valence-corrected chi connectivity index (χ2v) is 8.36. The zero-order valence-corrected chi connectivity index (χ0v) is 17.3. The molecule has 4 rings (SSSR count). The van der Waals surface area contributed by atoms with Crippen molar-refractivity contribution in [2.45, 2.75) is 57.7 Å². The molecule has 1 aliphatic rings. The Bertz CT molecular complexity index is 1030. The van der Waals surface area contributed by atoms with Gasteiger partial charge in [0.25, 0.3) is 0 Å². The van der Waals surface area contributed by atoms with Gasteiger partial charge in [-0.15, -0.1) is 10.2 Å². The second-order valence-electron chi connectivity index (χ2n) is 7.42. The van der Waals surface area contributed by atoms with E-state index in [4.69, 9.17) is 0 Å². The Morgan fingerprint density at radius 2 is 2.11 bits per heavy atom. The molecule has 0 radical (unpaired) electrons. The number of aromatic nitrogens is 4. The molecule has 3 heterocycles. The lowest BCUT2D eigenvalue weighted by Gasteiger charge is -2.15. The summed E-state index contributed by atoms with van der Waals surface area (Å²) in [6, 6.07) is 7.82. The molecule has 5 nitrogen and oxygen atoms in total. The molecule has 3 aromatic heterocycles. The lowest BCUT2D eigenvalue weighted by atomic mass is 9.97. The summed E-state index contributed by atoms with van der Waals surface area (Å²) in [5, 5.41) is 9.10. The molecule has 146 valence electrons. The van der Waals surface area contributed by atoms with Gasteiger partial charge < -0.3 is 4.57 Å². The number of rotatable bonds is 7. The molecule has 0 fully saturated rings. The highest BCUT2D eigenvalue weighted by atomic mass is 32.2. The van der Waals surface area contributed by atoms with Crippen molar-refractivity contribution in [1.29, 1.82) is 0 Å². The number of fused-ring (bicyclic) bond motifs is 1. The van der Waals surface area contributed by atoms with Gasteiger partial charge in [0.05, 0.1) is 5.75 Å². The fraction of sp³-hybridized carbons (Fsp3) is 0.409. The zero-order chi connectivity index (χ0) is 19.5. The zero-order valence-electron chi connectivity index (χ0n) is 16.5. The monoisotopic (exact) mass is 394 g/mol. The SMILES string of the molecule is Cc1cc(C(=O)CSc2nnc3ccccn23)c(C)n1CCC1=CCCCC1. The van der Waals surface area contributed by atoms with Crippen LogP contribution in [0.4, 0.5) is 0 Å². The number of thioether (sulfide) groups is 1. The normalized spacial score (nSPS) is 14.4. The third-order valence-corrected chi connectivity index (χ3v) is 6.47. The fourth-order valence-corrected chi connectivity index (χ4v) is 4.75. The molecule has 0 aromatic carbocycles. The Hall–Kier alpha value is -2.34. The van der Waals surface area contributed by atoms with E-state index in [2.05, 4.69) is 34.7 Å². The molecular formula is C22H26N4OS. The fourth-order valence-electron chi connectivity index (χ4n) is 3.94. The average molecular weight is 395 g/mol. The number of pyridine rings is 1. The standard InChI is InChI=1S/C22H26N4OS/c1-16-14-19(17(2)25(16)13-11-18-8-4-3-5-9-18)20(27)15-28-22-24-23-21-10-6-7-12-26(21)22/h6-8,10,12,14H,3-5,9,11,13,15H2,1-2H3. The Balaban J connectivity index is 1.43. The van der Waals surface area contributed by atoms with Gasteiger partial charge in [0.1, 0.15) is 0 Å². The molecule has 0 atom stereocenters. The van der Waals surface area contributed by atoms with Gasteiger partial charge in [-0.2, -0.15) is 0 Å². The van der Waals surface area contributed by atoms with Gasteiger partial charge in [-0.25, -0.2) is 0 Å². The minimum Gasteiger partial charge on any atom is -0.348 e. The Labute approximate surface area is 169 Å². The maximum atomic E-state index is 12.9. The molecule has 0 saturated heterocycles. The van der Waals surface area contributed by atoms with Crippen LogP contribution in [0.25, 0.3) is 5.65 Å². The minimum atomic E-state index is 0.147. The Morgan fingerprint density at radius 3 is 2.93 bits per heavy atom. The first-order chi connectivity index (χ1) is 13.6. The van der Waals surface area contributed by atoms with Gasteiger partial charge in [-0.3, -0.25) is 9.20 Å². The molecule has 0 saturated carbocycles. The smallest absolute Gasteiger partial charge is 0.196 e. The van der Waals surface area contributed by atoms with Crippen LogP contribution < -0.4 is 0 Å². The largest absolute Gasteiger partial charge is 0.348 e. The van der Waals surface area contributed by atoms with E-state index >= 15 is 0 Å². The quantitative estimate of drug-likeness (QED) is 0.321. The maximum Gasteiger partial charge on any atom is 0.196 e. The highest BCUT2D eigenvalue weighted by molar-refractivity contribution is 7.99. The highest BCUT2D eigenvalue weighted by Crippen LogP contribution is 2.24. The lowest BCUT2D eigenvalue weighted by Crippen LogP contribution is -2.08. The van der Waals surface area contributed by atoms with Crippen LogP contribution in [0.5, 0.6) is 0 Å². The first-order valence-electron chi connectivity index (χ1n) is 9.94. The molecule has 0 aliphatic heterocycles. The number of Topliss-reactive ketones (excluding diaryl/α,β-unsaturated/α-hetero) is 1. The summed E-state index contributed by atoms with van der Waals surface area (Å²) in [5.41, 5.74) is 5.44.